The van der Waals surface area contributed by atoms with Crippen LogP contribution in [0.1, 0.15) is 102 Å². The summed E-state index contributed by atoms with van der Waals surface area (Å²) in [4.78, 5) is 10.3. The topological polar surface area (TPSA) is 76.8 Å². The second kappa shape index (κ2) is 18.6. The Kier molecular flexibility index (Phi) is 15.3. The number of halogens is 1. The molecule has 0 bridgehead atoms. The van der Waals surface area contributed by atoms with Crippen LogP contribution in [0.3, 0.4) is 0 Å². The predicted molar refractivity (Wildman–Crippen MR) is 152 cm³/mol. The van der Waals surface area contributed by atoms with Gasteiger partial charge in [-0.15, -0.1) is 0 Å². The number of anilines is 1. The molecule has 2 aromatic carbocycles. The van der Waals surface area contributed by atoms with Crippen LogP contribution in [0.5, 0.6) is 5.75 Å². The third-order valence-corrected chi connectivity index (χ3v) is 6.43. The molecule has 36 heavy (non-hydrogen) atoms. The Morgan fingerprint density at radius 3 is 1.97 bits per heavy atom. The van der Waals surface area contributed by atoms with Gasteiger partial charge in [0.15, 0.2) is 0 Å². The van der Waals surface area contributed by atoms with E-state index in [1.165, 1.54) is 95.6 Å². The lowest BCUT2D eigenvalue weighted by molar-refractivity contribution is -0.384. The number of unbranched alkanes of at least 4 members (excludes halogenated alkanes) is 13. The zero-order chi connectivity index (χ0) is 25.8. The lowest BCUT2D eigenvalue weighted by atomic mass is 10.0. The molecule has 0 saturated carbocycles. The van der Waals surface area contributed by atoms with Crippen LogP contribution in [-0.2, 0) is 0 Å². The van der Waals surface area contributed by atoms with E-state index in [0.717, 1.165) is 12.0 Å². The van der Waals surface area contributed by atoms with Gasteiger partial charge in [0.1, 0.15) is 5.75 Å². The van der Waals surface area contributed by atoms with Gasteiger partial charge in [0.25, 0.3) is 5.69 Å². The fourth-order valence-electron chi connectivity index (χ4n) is 4.05. The minimum Gasteiger partial charge on any atom is -0.491 e. The Labute approximate surface area is 221 Å². The van der Waals surface area contributed by atoms with E-state index >= 15 is 0 Å². The zero-order valence-electron chi connectivity index (χ0n) is 21.7. The molecule has 0 unspecified atom stereocenters. The predicted octanol–water partition coefficient (Wildman–Crippen LogP) is 9.55. The van der Waals surface area contributed by atoms with Crippen LogP contribution in [0.15, 0.2) is 47.6 Å². The van der Waals surface area contributed by atoms with Crippen molar-refractivity contribution in [2.75, 3.05) is 12.0 Å². The van der Waals surface area contributed by atoms with Gasteiger partial charge in [0.2, 0.25) is 0 Å². The average Bonchev–Trinajstić information content (AvgIpc) is 2.87. The van der Waals surface area contributed by atoms with Gasteiger partial charge >= 0.3 is 0 Å². The number of non-ortho nitro benzene ring substituents is 1. The van der Waals surface area contributed by atoms with Crippen molar-refractivity contribution in [1.82, 2.24) is 0 Å². The third kappa shape index (κ3) is 12.9. The van der Waals surface area contributed by atoms with Crippen LogP contribution in [0, 0.1) is 10.1 Å². The molecular formula is C29H42ClN3O3. The quantitative estimate of drug-likeness (QED) is 0.0823. The number of nitro groups is 1. The summed E-state index contributed by atoms with van der Waals surface area (Å²) in [6, 6.07) is 11.6. The maximum Gasteiger partial charge on any atom is 0.269 e. The second-order valence-corrected chi connectivity index (χ2v) is 9.74. The summed E-state index contributed by atoms with van der Waals surface area (Å²) in [5, 5.41) is 15.6. The molecular weight excluding hydrogens is 474 g/mol. The highest BCUT2D eigenvalue weighted by Crippen LogP contribution is 2.28. The van der Waals surface area contributed by atoms with Crippen LogP contribution < -0.4 is 10.2 Å². The molecule has 7 heteroatoms. The third-order valence-electron chi connectivity index (χ3n) is 6.20. The van der Waals surface area contributed by atoms with E-state index in [9.17, 15) is 10.1 Å². The maximum absolute atomic E-state index is 10.8. The molecule has 198 valence electrons. The van der Waals surface area contributed by atoms with Gasteiger partial charge in [-0.2, -0.15) is 5.10 Å². The number of benzene rings is 2. The molecule has 1 N–H and O–H groups in total. The fraction of sp³-hybridized carbons (Fsp3) is 0.552. The van der Waals surface area contributed by atoms with Crippen molar-refractivity contribution in [3.63, 3.8) is 0 Å². The molecule has 0 amide bonds. The highest BCUT2D eigenvalue weighted by Gasteiger charge is 2.05. The first-order valence-electron chi connectivity index (χ1n) is 13.6. The van der Waals surface area contributed by atoms with E-state index in [1.54, 1.807) is 30.5 Å². The molecule has 0 heterocycles. The Hall–Kier alpha value is -2.60. The van der Waals surface area contributed by atoms with Gasteiger partial charge in [-0.3, -0.25) is 15.5 Å². The summed E-state index contributed by atoms with van der Waals surface area (Å²) in [7, 11) is 0. The highest BCUT2D eigenvalue weighted by molar-refractivity contribution is 6.30. The van der Waals surface area contributed by atoms with E-state index in [-0.39, 0.29) is 5.69 Å². The van der Waals surface area contributed by atoms with Gasteiger partial charge in [0, 0.05) is 17.2 Å². The molecule has 2 rings (SSSR count). The number of ether oxygens (including phenoxy) is 1. The molecule has 0 aromatic heterocycles. The summed E-state index contributed by atoms with van der Waals surface area (Å²) in [5.41, 5.74) is 4.45. The summed E-state index contributed by atoms with van der Waals surface area (Å²) in [5.74, 6) is 0.704. The van der Waals surface area contributed by atoms with Crippen LogP contribution in [0.4, 0.5) is 11.4 Å². The number of hydrogen-bond acceptors (Lipinski definition) is 5. The highest BCUT2D eigenvalue weighted by atomic mass is 35.5. The molecule has 2 aromatic rings. The van der Waals surface area contributed by atoms with Gasteiger partial charge in [0.05, 0.1) is 23.4 Å². The lowest BCUT2D eigenvalue weighted by Gasteiger charge is -2.11. The molecule has 0 aliphatic heterocycles. The molecule has 0 fully saturated rings. The molecule has 6 nitrogen and oxygen atoms in total. The lowest BCUT2D eigenvalue weighted by Crippen LogP contribution is -2.01. The molecule has 0 aliphatic rings. The smallest absolute Gasteiger partial charge is 0.269 e. The monoisotopic (exact) mass is 515 g/mol. The van der Waals surface area contributed by atoms with Crippen molar-refractivity contribution in [3.8, 4) is 5.75 Å². The number of hydrazone groups is 1. The Morgan fingerprint density at radius 2 is 1.42 bits per heavy atom. The molecule has 0 atom stereocenters. The van der Waals surface area contributed by atoms with Crippen LogP contribution >= 0.6 is 11.6 Å². The SMILES string of the molecule is CCCCCCCCCCCCCCCCOc1ccc(Cl)cc1NN=Cc1ccc([N+](=O)[O-])cc1. The number of nitrogens with one attached hydrogen (secondary N) is 1. The van der Waals surface area contributed by atoms with Crippen molar-refractivity contribution in [2.45, 2.75) is 96.8 Å². The van der Waals surface area contributed by atoms with Crippen LogP contribution in [0.2, 0.25) is 5.02 Å². The first-order valence-corrected chi connectivity index (χ1v) is 13.9. The zero-order valence-corrected chi connectivity index (χ0v) is 22.5. The molecule has 0 saturated heterocycles. The van der Waals surface area contributed by atoms with Crippen LogP contribution in [-0.4, -0.2) is 17.7 Å². The number of nitro benzene ring substituents is 1. The average molecular weight is 516 g/mol. The minimum absolute atomic E-state index is 0.0501. The normalized spacial score (nSPS) is 11.2. The van der Waals surface area contributed by atoms with Gasteiger partial charge in [-0.25, -0.2) is 0 Å². The minimum atomic E-state index is -0.424. The Morgan fingerprint density at radius 1 is 0.861 bits per heavy atom. The van der Waals surface area contributed by atoms with Crippen molar-refractivity contribution in [3.05, 3.63) is 63.2 Å². The van der Waals surface area contributed by atoms with E-state index in [1.807, 2.05) is 6.07 Å². The largest absolute Gasteiger partial charge is 0.491 e. The van der Waals surface area contributed by atoms with E-state index < -0.39 is 4.92 Å². The second-order valence-electron chi connectivity index (χ2n) is 9.30. The fourth-order valence-corrected chi connectivity index (χ4v) is 4.22. The van der Waals surface area contributed by atoms with Gasteiger partial charge < -0.3 is 4.74 Å². The van der Waals surface area contributed by atoms with E-state index in [2.05, 4.69) is 17.5 Å². The first-order chi connectivity index (χ1) is 17.6. The molecule has 0 radical (unpaired) electrons. The standard InChI is InChI=1S/C29H42ClN3O3/c1-2-3-4-5-6-7-8-9-10-11-12-13-14-15-22-36-29-21-18-26(30)23-28(29)32-31-24-25-16-19-27(20-17-25)33(34)35/h16-21,23-24,32H,2-15,22H2,1H3. The first kappa shape index (κ1) is 29.6. The number of rotatable bonds is 20. The van der Waals surface area contributed by atoms with Crippen LogP contribution in [0.25, 0.3) is 0 Å². The van der Waals surface area contributed by atoms with Crippen molar-refractivity contribution in [2.24, 2.45) is 5.10 Å². The van der Waals surface area contributed by atoms with Crippen molar-refractivity contribution < 1.29 is 9.66 Å². The summed E-state index contributed by atoms with van der Waals surface area (Å²) >= 11 is 6.15. The Balaban J connectivity index is 1.58. The van der Waals surface area contributed by atoms with Crippen molar-refractivity contribution >= 4 is 29.2 Å². The molecule has 0 spiro atoms. The van der Waals surface area contributed by atoms with E-state index in [0.29, 0.717) is 23.1 Å². The number of nitrogens with zero attached hydrogens (tertiary/aromatic N) is 2. The van der Waals surface area contributed by atoms with Gasteiger partial charge in [-0.05, 0) is 42.3 Å². The maximum atomic E-state index is 10.8. The van der Waals surface area contributed by atoms with E-state index in [4.69, 9.17) is 16.3 Å². The summed E-state index contributed by atoms with van der Waals surface area (Å²) in [6.07, 6.45) is 20.2. The molecule has 0 aliphatic carbocycles. The van der Waals surface area contributed by atoms with Crippen molar-refractivity contribution in [1.29, 1.82) is 0 Å². The summed E-state index contributed by atoms with van der Waals surface area (Å²) in [6.45, 7) is 2.92. The summed E-state index contributed by atoms with van der Waals surface area (Å²) < 4.78 is 5.97. The van der Waals surface area contributed by atoms with Gasteiger partial charge in [-0.1, -0.05) is 102 Å². The number of hydrogen-bond donors (Lipinski definition) is 1. The Bertz CT molecular complexity index is 903.